The van der Waals surface area contributed by atoms with Crippen molar-refractivity contribution in [3.8, 4) is 5.69 Å². The van der Waals surface area contributed by atoms with Crippen molar-refractivity contribution >= 4 is 17.5 Å². The van der Waals surface area contributed by atoms with Gasteiger partial charge in [0.1, 0.15) is 5.82 Å². The number of carbonyl (C=O) groups excluding carboxylic acids is 1. The molecule has 0 bridgehead atoms. The van der Waals surface area contributed by atoms with E-state index >= 15 is 0 Å². The summed E-state index contributed by atoms with van der Waals surface area (Å²) in [7, 11) is 0. The van der Waals surface area contributed by atoms with Crippen molar-refractivity contribution < 1.29 is 4.79 Å². The predicted molar refractivity (Wildman–Crippen MR) is 71.1 cm³/mol. The third kappa shape index (κ3) is 2.24. The fraction of sp³-hybridized carbons (Fsp3) is 0.231. The van der Waals surface area contributed by atoms with Gasteiger partial charge in [0.15, 0.2) is 0 Å². The number of carbonyl (C=O) groups is 1. The van der Waals surface area contributed by atoms with Gasteiger partial charge in [-0.1, -0.05) is 24.6 Å². The molecule has 0 radical (unpaired) electrons. The van der Waals surface area contributed by atoms with E-state index in [0.717, 1.165) is 18.7 Å². The van der Waals surface area contributed by atoms with Crippen molar-refractivity contribution in [2.45, 2.75) is 19.8 Å². The number of nitrogens with two attached hydrogens (primary N) is 1. The minimum atomic E-state index is -0.535. The number of nitrogens with zero attached hydrogens (tertiary/aromatic N) is 2. The Kier molecular flexibility index (Phi) is 3.67. The van der Waals surface area contributed by atoms with Crippen LogP contribution in [0.2, 0.25) is 5.02 Å². The molecule has 1 amide bonds. The molecule has 4 nitrogen and oxygen atoms in total. The Hall–Kier alpha value is -1.81. The van der Waals surface area contributed by atoms with E-state index in [1.165, 1.54) is 0 Å². The zero-order valence-electron chi connectivity index (χ0n) is 10.1. The molecule has 1 aromatic heterocycles. The Morgan fingerprint density at radius 3 is 2.94 bits per heavy atom. The van der Waals surface area contributed by atoms with E-state index in [1.807, 2.05) is 16.8 Å². The summed E-state index contributed by atoms with van der Waals surface area (Å²) in [6, 6.07) is 5.26. The van der Waals surface area contributed by atoms with Crippen LogP contribution in [0.25, 0.3) is 5.69 Å². The summed E-state index contributed by atoms with van der Waals surface area (Å²) in [4.78, 5) is 15.8. The average Bonchev–Trinajstić information content (AvgIpc) is 2.76. The Morgan fingerprint density at radius 2 is 2.28 bits per heavy atom. The van der Waals surface area contributed by atoms with Crippen molar-refractivity contribution in [2.24, 2.45) is 5.73 Å². The van der Waals surface area contributed by atoms with E-state index < -0.39 is 5.91 Å². The molecule has 0 saturated carbocycles. The monoisotopic (exact) mass is 263 g/mol. The molecule has 0 saturated heterocycles. The number of imidazole rings is 1. The van der Waals surface area contributed by atoms with Gasteiger partial charge in [-0.2, -0.15) is 0 Å². The van der Waals surface area contributed by atoms with Gasteiger partial charge in [0.25, 0.3) is 5.91 Å². The first kappa shape index (κ1) is 12.6. The van der Waals surface area contributed by atoms with E-state index in [2.05, 4.69) is 11.9 Å². The van der Waals surface area contributed by atoms with Crippen LogP contribution in [0.15, 0.2) is 30.6 Å². The van der Waals surface area contributed by atoms with Crippen LogP contribution in [0.4, 0.5) is 0 Å². The van der Waals surface area contributed by atoms with Gasteiger partial charge in [-0.3, -0.25) is 4.79 Å². The topological polar surface area (TPSA) is 60.9 Å². The maximum Gasteiger partial charge on any atom is 0.252 e. The Bertz CT molecular complexity index is 577. The lowest BCUT2D eigenvalue weighted by atomic mass is 10.1. The molecule has 0 unspecified atom stereocenters. The van der Waals surface area contributed by atoms with E-state index in [1.54, 1.807) is 18.3 Å². The number of aryl methyl sites for hydroxylation is 1. The second kappa shape index (κ2) is 5.23. The fourth-order valence-electron chi connectivity index (χ4n) is 1.92. The highest BCUT2D eigenvalue weighted by atomic mass is 35.5. The second-order valence-electron chi connectivity index (χ2n) is 3.96. The van der Waals surface area contributed by atoms with Crippen LogP contribution >= 0.6 is 11.6 Å². The van der Waals surface area contributed by atoms with Gasteiger partial charge in [0.2, 0.25) is 0 Å². The molecule has 2 N–H and O–H groups in total. The summed E-state index contributed by atoms with van der Waals surface area (Å²) >= 11 is 6.04. The number of hydrogen-bond donors (Lipinski definition) is 1. The van der Waals surface area contributed by atoms with Gasteiger partial charge in [0.05, 0.1) is 16.3 Å². The third-order valence-corrected chi connectivity index (χ3v) is 3.00. The fourth-order valence-corrected chi connectivity index (χ4v) is 2.18. The molecule has 1 heterocycles. The van der Waals surface area contributed by atoms with E-state index in [9.17, 15) is 4.79 Å². The molecule has 94 valence electrons. The Balaban J connectivity index is 2.60. The van der Waals surface area contributed by atoms with Gasteiger partial charge in [-0.25, -0.2) is 4.98 Å². The van der Waals surface area contributed by atoms with Gasteiger partial charge < -0.3 is 10.3 Å². The quantitative estimate of drug-likeness (QED) is 0.922. The van der Waals surface area contributed by atoms with E-state index in [4.69, 9.17) is 17.3 Å². The molecular formula is C13H14ClN3O. The first-order chi connectivity index (χ1) is 8.65. The molecule has 0 fully saturated rings. The van der Waals surface area contributed by atoms with E-state index in [0.29, 0.717) is 16.3 Å². The van der Waals surface area contributed by atoms with Crippen LogP contribution in [0.3, 0.4) is 0 Å². The maximum atomic E-state index is 11.5. The number of halogens is 1. The highest BCUT2D eigenvalue weighted by Crippen LogP contribution is 2.24. The summed E-state index contributed by atoms with van der Waals surface area (Å²) < 4.78 is 1.86. The summed E-state index contributed by atoms with van der Waals surface area (Å²) in [5.74, 6) is 0.356. The van der Waals surface area contributed by atoms with Gasteiger partial charge in [0, 0.05) is 18.8 Å². The first-order valence-corrected chi connectivity index (χ1v) is 6.13. The minimum absolute atomic E-state index is 0.328. The molecule has 0 aliphatic carbocycles. The van der Waals surface area contributed by atoms with Gasteiger partial charge >= 0.3 is 0 Å². The molecule has 2 rings (SSSR count). The third-order valence-electron chi connectivity index (χ3n) is 2.69. The van der Waals surface area contributed by atoms with Crippen LogP contribution < -0.4 is 5.73 Å². The molecule has 0 aliphatic rings. The first-order valence-electron chi connectivity index (χ1n) is 5.76. The lowest BCUT2D eigenvalue weighted by molar-refractivity contribution is 0.100. The largest absolute Gasteiger partial charge is 0.365 e. The van der Waals surface area contributed by atoms with E-state index in [-0.39, 0.29) is 0 Å². The van der Waals surface area contributed by atoms with Crippen LogP contribution in [0.5, 0.6) is 0 Å². The number of primary amides is 1. The number of benzene rings is 1. The Morgan fingerprint density at radius 1 is 1.50 bits per heavy atom. The van der Waals surface area contributed by atoms with Crippen LogP contribution in [-0.4, -0.2) is 15.5 Å². The summed E-state index contributed by atoms with van der Waals surface area (Å²) in [6.07, 6.45) is 5.32. The highest BCUT2D eigenvalue weighted by Gasteiger charge is 2.15. The standard InChI is InChI=1S/C13H14ClN3O/c1-2-4-11-16-7-8-17(11)10-6-3-5-9(14)12(10)13(15)18/h3,5-8H,2,4H2,1H3,(H2,15,18). The Labute approximate surface area is 110 Å². The lowest BCUT2D eigenvalue weighted by Crippen LogP contribution is -2.16. The number of hydrogen-bond acceptors (Lipinski definition) is 2. The highest BCUT2D eigenvalue weighted by molar-refractivity contribution is 6.34. The SMILES string of the molecule is CCCc1nccn1-c1cccc(Cl)c1C(N)=O. The maximum absolute atomic E-state index is 11.5. The molecule has 18 heavy (non-hydrogen) atoms. The summed E-state index contributed by atoms with van der Waals surface area (Å²) in [6.45, 7) is 2.08. The molecule has 0 aliphatic heterocycles. The average molecular weight is 264 g/mol. The minimum Gasteiger partial charge on any atom is -0.365 e. The van der Waals surface area contributed by atoms with Crippen molar-refractivity contribution in [3.05, 3.63) is 47.0 Å². The predicted octanol–water partition coefficient (Wildman–Crippen LogP) is 2.58. The molecule has 1 aromatic carbocycles. The summed E-state index contributed by atoms with van der Waals surface area (Å²) in [5, 5.41) is 0.358. The molecule has 0 spiro atoms. The van der Waals surface area contributed by atoms with Gasteiger partial charge in [-0.05, 0) is 18.6 Å². The molecule has 5 heteroatoms. The second-order valence-corrected chi connectivity index (χ2v) is 4.37. The lowest BCUT2D eigenvalue weighted by Gasteiger charge is -2.12. The summed E-state index contributed by atoms with van der Waals surface area (Å²) in [5.41, 5.74) is 6.39. The zero-order valence-corrected chi connectivity index (χ0v) is 10.8. The van der Waals surface area contributed by atoms with Crippen molar-refractivity contribution in [1.29, 1.82) is 0 Å². The van der Waals surface area contributed by atoms with Crippen molar-refractivity contribution in [2.75, 3.05) is 0 Å². The van der Waals surface area contributed by atoms with Crippen LogP contribution in [-0.2, 0) is 6.42 Å². The smallest absolute Gasteiger partial charge is 0.252 e. The molecule has 0 atom stereocenters. The zero-order chi connectivity index (χ0) is 13.1. The van der Waals surface area contributed by atoms with Gasteiger partial charge in [-0.15, -0.1) is 0 Å². The number of amides is 1. The van der Waals surface area contributed by atoms with Crippen molar-refractivity contribution in [1.82, 2.24) is 9.55 Å². The number of rotatable bonds is 4. The molecule has 2 aromatic rings. The number of aromatic nitrogens is 2. The van der Waals surface area contributed by atoms with Crippen LogP contribution in [0.1, 0.15) is 29.5 Å². The normalized spacial score (nSPS) is 10.6. The van der Waals surface area contributed by atoms with Crippen LogP contribution in [0, 0.1) is 0 Å². The molecular weight excluding hydrogens is 250 g/mol. The van der Waals surface area contributed by atoms with Crippen molar-refractivity contribution in [3.63, 3.8) is 0 Å².